The average molecular weight is 912 g/mol. The van der Waals surface area contributed by atoms with E-state index >= 15 is 0 Å². The summed E-state index contributed by atoms with van der Waals surface area (Å²) in [6.45, 7) is 0. The van der Waals surface area contributed by atoms with Crippen LogP contribution in [0.25, 0.3) is 142 Å². The fraction of sp³-hybridized carbons (Fsp3) is 0. The Labute approximate surface area is 404 Å². The Morgan fingerprint density at radius 1 is 0.329 bits per heavy atom. The van der Waals surface area contributed by atoms with Crippen LogP contribution in [0.15, 0.2) is 229 Å². The molecule has 70 heavy (non-hydrogen) atoms. The third kappa shape index (κ3) is 5.76. The largest absolute Gasteiger partial charge is 0.456 e. The van der Waals surface area contributed by atoms with Crippen LogP contribution < -0.4 is 0 Å². The lowest BCUT2D eigenvalue weighted by atomic mass is 10.0. The summed E-state index contributed by atoms with van der Waals surface area (Å²) < 4.78 is 13.8. The molecule has 0 N–H and O–H groups in total. The minimum atomic E-state index is 0.583. The number of hydrogen-bond donors (Lipinski definition) is 0. The van der Waals surface area contributed by atoms with Gasteiger partial charge in [-0.15, -0.1) is 11.3 Å². The maximum atomic E-state index is 6.42. The van der Waals surface area contributed by atoms with Crippen molar-refractivity contribution >= 4 is 97.1 Å². The number of para-hydroxylation sites is 5. The molecule has 0 aliphatic carbocycles. The van der Waals surface area contributed by atoms with E-state index in [9.17, 15) is 0 Å². The van der Waals surface area contributed by atoms with Gasteiger partial charge in [0, 0.05) is 74.7 Å². The Bertz CT molecular complexity index is 4610. The molecule has 0 saturated carbocycles. The highest BCUT2D eigenvalue weighted by atomic mass is 32.1. The molecule has 0 fully saturated rings. The van der Waals surface area contributed by atoms with Crippen molar-refractivity contribution in [1.82, 2.24) is 24.1 Å². The van der Waals surface area contributed by atoms with E-state index in [1.807, 2.05) is 24.3 Å². The van der Waals surface area contributed by atoms with Crippen molar-refractivity contribution < 1.29 is 4.42 Å². The van der Waals surface area contributed by atoms with Crippen LogP contribution in [0.4, 0.5) is 0 Å². The molecule has 5 heterocycles. The van der Waals surface area contributed by atoms with Crippen LogP contribution >= 0.6 is 11.3 Å². The van der Waals surface area contributed by atoms with Crippen LogP contribution in [0.5, 0.6) is 0 Å². The lowest BCUT2D eigenvalue weighted by Gasteiger charge is -2.17. The summed E-state index contributed by atoms with van der Waals surface area (Å²) in [5, 5.41) is 8.96. The molecule has 0 aliphatic rings. The molecule has 0 saturated heterocycles. The van der Waals surface area contributed by atoms with E-state index in [4.69, 9.17) is 19.4 Å². The van der Waals surface area contributed by atoms with Gasteiger partial charge in [-0.3, -0.25) is 0 Å². The van der Waals surface area contributed by atoms with E-state index in [1.165, 1.54) is 36.5 Å². The molecule has 0 radical (unpaired) electrons. The Hall–Kier alpha value is -9.17. The van der Waals surface area contributed by atoms with Crippen LogP contribution in [0.3, 0.4) is 0 Å². The second kappa shape index (κ2) is 15.2. The molecule has 7 heteroatoms. The van der Waals surface area contributed by atoms with Crippen LogP contribution in [0.1, 0.15) is 0 Å². The Morgan fingerprint density at radius 2 is 0.900 bits per heavy atom. The third-order valence-electron chi connectivity index (χ3n) is 14.0. The summed E-state index contributed by atoms with van der Waals surface area (Å²) in [6, 6.07) is 79.7. The molecule has 10 aromatic carbocycles. The molecule has 5 aromatic heterocycles. The van der Waals surface area contributed by atoms with E-state index in [0.29, 0.717) is 17.5 Å². The van der Waals surface area contributed by atoms with Crippen molar-refractivity contribution in [3.63, 3.8) is 0 Å². The summed E-state index contributed by atoms with van der Waals surface area (Å²) in [6.07, 6.45) is 0. The predicted octanol–water partition coefficient (Wildman–Crippen LogP) is 17.0. The summed E-state index contributed by atoms with van der Waals surface area (Å²) >= 11 is 1.81. The molecular weight excluding hydrogens is 875 g/mol. The monoisotopic (exact) mass is 911 g/mol. The lowest BCUT2D eigenvalue weighted by Crippen LogP contribution is -2.02. The Morgan fingerprint density at radius 3 is 1.76 bits per heavy atom. The fourth-order valence-electron chi connectivity index (χ4n) is 11.0. The van der Waals surface area contributed by atoms with Gasteiger partial charge in [0.05, 0.1) is 33.4 Å². The molecule has 0 bridgehead atoms. The van der Waals surface area contributed by atoms with Gasteiger partial charge in [-0.1, -0.05) is 158 Å². The van der Waals surface area contributed by atoms with Gasteiger partial charge < -0.3 is 13.6 Å². The molecule has 6 nitrogen and oxygen atoms in total. The number of furan rings is 1. The fourth-order valence-corrected chi connectivity index (χ4v) is 12.1. The number of aromatic nitrogens is 5. The van der Waals surface area contributed by atoms with Gasteiger partial charge in [0.15, 0.2) is 17.5 Å². The van der Waals surface area contributed by atoms with Crippen LogP contribution in [-0.4, -0.2) is 24.1 Å². The standard InChI is InChI=1S/C63H37N5OS/c1-2-17-38(18-3-1)40-19-4-9-27-49(40)68-50-28-10-5-20-41(50)43-24-14-31-53(60(43)68)67-51-29-11-6-22-44(51)58-46(25-15-30-52(58)67)62-64-61(39-35-36-57-48(37-39)42-21-8-13-34-56(42)70-57)65-63(66-62)47-26-16-33-55-59(47)45-23-7-12-32-54(45)69-55/h1-37H. The van der Waals surface area contributed by atoms with Crippen LogP contribution in [-0.2, 0) is 0 Å². The third-order valence-corrected chi connectivity index (χ3v) is 15.1. The highest BCUT2D eigenvalue weighted by molar-refractivity contribution is 7.25. The van der Waals surface area contributed by atoms with Crippen molar-refractivity contribution in [1.29, 1.82) is 0 Å². The molecule has 0 aliphatic heterocycles. The molecular formula is C63H37N5OS. The van der Waals surface area contributed by atoms with E-state index in [0.717, 1.165) is 88.4 Å². The first-order valence-electron chi connectivity index (χ1n) is 23.5. The quantitative estimate of drug-likeness (QED) is 0.167. The second-order valence-electron chi connectivity index (χ2n) is 17.9. The van der Waals surface area contributed by atoms with Crippen LogP contribution in [0, 0.1) is 0 Å². The summed E-state index contributed by atoms with van der Waals surface area (Å²) in [4.78, 5) is 16.3. The molecule has 0 unspecified atom stereocenters. The number of benzene rings is 10. The van der Waals surface area contributed by atoms with E-state index in [2.05, 4.69) is 209 Å². The maximum Gasteiger partial charge on any atom is 0.164 e. The zero-order valence-electron chi connectivity index (χ0n) is 37.4. The number of thiophene rings is 1. The van der Waals surface area contributed by atoms with Gasteiger partial charge in [0.1, 0.15) is 11.2 Å². The van der Waals surface area contributed by atoms with E-state index in [-0.39, 0.29) is 0 Å². The molecule has 326 valence electrons. The molecule has 15 rings (SSSR count). The molecule has 0 spiro atoms. The topological polar surface area (TPSA) is 61.7 Å². The number of fused-ring (bicyclic) bond motifs is 12. The second-order valence-corrected chi connectivity index (χ2v) is 18.9. The van der Waals surface area contributed by atoms with E-state index < -0.39 is 0 Å². The van der Waals surface area contributed by atoms with Crippen molar-refractivity contribution in [2.24, 2.45) is 0 Å². The summed E-state index contributed by atoms with van der Waals surface area (Å²) in [5.74, 6) is 1.78. The van der Waals surface area contributed by atoms with Gasteiger partial charge in [0.2, 0.25) is 0 Å². The van der Waals surface area contributed by atoms with E-state index in [1.54, 1.807) is 11.3 Å². The summed E-state index contributed by atoms with van der Waals surface area (Å²) in [5.41, 5.74) is 13.3. The van der Waals surface area contributed by atoms with Crippen molar-refractivity contribution in [3.05, 3.63) is 224 Å². The normalized spacial score (nSPS) is 12.0. The van der Waals surface area contributed by atoms with Crippen molar-refractivity contribution in [2.75, 3.05) is 0 Å². The highest BCUT2D eigenvalue weighted by Gasteiger charge is 2.25. The zero-order chi connectivity index (χ0) is 45.9. The molecule has 0 atom stereocenters. The first-order valence-corrected chi connectivity index (χ1v) is 24.3. The van der Waals surface area contributed by atoms with Crippen LogP contribution in [0.2, 0.25) is 0 Å². The minimum Gasteiger partial charge on any atom is -0.456 e. The average Bonchev–Trinajstić information content (AvgIpc) is 4.19. The zero-order valence-corrected chi connectivity index (χ0v) is 38.2. The smallest absolute Gasteiger partial charge is 0.164 e. The van der Waals surface area contributed by atoms with Crippen molar-refractivity contribution in [2.45, 2.75) is 0 Å². The first-order chi connectivity index (χ1) is 34.7. The maximum absolute atomic E-state index is 6.42. The number of hydrogen-bond acceptors (Lipinski definition) is 5. The molecule has 15 aromatic rings. The number of nitrogens with zero attached hydrogens (tertiary/aromatic N) is 5. The predicted molar refractivity (Wildman–Crippen MR) is 290 cm³/mol. The highest BCUT2D eigenvalue weighted by Crippen LogP contribution is 2.45. The summed E-state index contributed by atoms with van der Waals surface area (Å²) in [7, 11) is 0. The van der Waals surface area contributed by atoms with Crippen molar-refractivity contribution in [3.8, 4) is 56.7 Å². The number of rotatable bonds is 6. The molecule has 0 amide bonds. The SMILES string of the molecule is c1ccc(-c2ccccc2-n2c3ccccc3c3cccc(-n4c5ccccc5c5c(-c6nc(-c7ccc8sc9ccccc9c8c7)nc(-c7cccc8oc9ccccc9c78)n6)cccc54)c32)cc1. The van der Waals surface area contributed by atoms with Gasteiger partial charge in [-0.05, 0) is 72.3 Å². The van der Waals surface area contributed by atoms with Gasteiger partial charge >= 0.3 is 0 Å². The Kier molecular flexibility index (Phi) is 8.43. The van der Waals surface area contributed by atoms with Gasteiger partial charge in [-0.2, -0.15) is 0 Å². The van der Waals surface area contributed by atoms with Gasteiger partial charge in [0.25, 0.3) is 0 Å². The first kappa shape index (κ1) is 38.9. The lowest BCUT2D eigenvalue weighted by molar-refractivity contribution is 0.669. The Balaban J connectivity index is 1.01. The minimum absolute atomic E-state index is 0.583. The van der Waals surface area contributed by atoms with Gasteiger partial charge in [-0.25, -0.2) is 15.0 Å².